The number of ether oxygens (including phenoxy) is 1. The molecule has 1 heterocycles. The molecule has 148 valence electrons. The summed E-state index contributed by atoms with van der Waals surface area (Å²) < 4.78 is 4.88. The average Bonchev–Trinajstić information content (AvgIpc) is 2.70. The minimum absolute atomic E-state index is 0.106. The summed E-state index contributed by atoms with van der Waals surface area (Å²) in [5.74, 6) is -0.382. The van der Waals surface area contributed by atoms with Crippen molar-refractivity contribution in [2.24, 2.45) is 5.73 Å². The van der Waals surface area contributed by atoms with Crippen molar-refractivity contribution in [2.45, 2.75) is 44.3 Å². The number of carbonyl (C=O) groups is 1. The van der Waals surface area contributed by atoms with Gasteiger partial charge in [-0.15, -0.1) is 0 Å². The monoisotopic (exact) mass is 401 g/mol. The van der Waals surface area contributed by atoms with E-state index in [4.69, 9.17) is 32.0 Å². The SMILES string of the molecule is COC(O)CCCCc1nc2cc(C(N)=O)ccc2nc1C1C=CC(Cl)=CC1. The number of hydrogen-bond acceptors (Lipinski definition) is 5. The molecule has 0 bridgehead atoms. The number of unbranched alkanes of at least 4 members (excludes halogenated alkanes) is 1. The highest BCUT2D eigenvalue weighted by Gasteiger charge is 2.19. The molecule has 3 N–H and O–H groups in total. The normalized spacial score (nSPS) is 17.5. The van der Waals surface area contributed by atoms with E-state index in [1.807, 2.05) is 18.2 Å². The van der Waals surface area contributed by atoms with Gasteiger partial charge in [-0.2, -0.15) is 0 Å². The minimum Gasteiger partial charge on any atom is -0.368 e. The summed E-state index contributed by atoms with van der Waals surface area (Å²) in [7, 11) is 1.49. The fraction of sp³-hybridized carbons (Fsp3) is 0.381. The van der Waals surface area contributed by atoms with E-state index in [9.17, 15) is 9.90 Å². The molecular formula is C21H24ClN3O3. The lowest BCUT2D eigenvalue weighted by molar-refractivity contribution is -0.0792. The first-order valence-corrected chi connectivity index (χ1v) is 9.71. The second-order valence-corrected chi connectivity index (χ2v) is 7.29. The van der Waals surface area contributed by atoms with Crippen LogP contribution in [0.3, 0.4) is 0 Å². The van der Waals surface area contributed by atoms with Crippen LogP contribution in [0.2, 0.25) is 0 Å². The zero-order valence-corrected chi connectivity index (χ0v) is 16.5. The first kappa shape index (κ1) is 20.5. The van der Waals surface area contributed by atoms with Crippen molar-refractivity contribution in [1.29, 1.82) is 0 Å². The van der Waals surface area contributed by atoms with Crippen molar-refractivity contribution in [3.05, 3.63) is 58.4 Å². The van der Waals surface area contributed by atoms with Crippen molar-refractivity contribution in [1.82, 2.24) is 9.97 Å². The van der Waals surface area contributed by atoms with Gasteiger partial charge in [0.2, 0.25) is 5.91 Å². The number of rotatable bonds is 8. The van der Waals surface area contributed by atoms with Crippen molar-refractivity contribution in [3.8, 4) is 0 Å². The molecule has 1 amide bonds. The number of aromatic nitrogens is 2. The number of hydrogen-bond donors (Lipinski definition) is 2. The predicted octanol–water partition coefficient (Wildman–Crippen LogP) is 3.57. The number of primary amides is 1. The number of aryl methyl sites for hydroxylation is 1. The number of benzene rings is 1. The second kappa shape index (κ2) is 9.28. The summed E-state index contributed by atoms with van der Waals surface area (Å²) in [6.45, 7) is 0. The van der Waals surface area contributed by atoms with Crippen LogP contribution >= 0.6 is 11.6 Å². The van der Waals surface area contributed by atoms with Gasteiger partial charge < -0.3 is 15.6 Å². The van der Waals surface area contributed by atoms with E-state index < -0.39 is 12.2 Å². The molecule has 1 aromatic heterocycles. The Bertz CT molecular complexity index is 926. The highest BCUT2D eigenvalue weighted by atomic mass is 35.5. The third-order valence-electron chi connectivity index (χ3n) is 4.84. The Morgan fingerprint density at radius 1 is 1.36 bits per heavy atom. The second-order valence-electron chi connectivity index (χ2n) is 6.85. The van der Waals surface area contributed by atoms with Crippen LogP contribution in [0.1, 0.15) is 53.3 Å². The Morgan fingerprint density at radius 2 is 2.18 bits per heavy atom. The summed E-state index contributed by atoms with van der Waals surface area (Å²) >= 11 is 6.06. The van der Waals surface area contributed by atoms with Gasteiger partial charge in [-0.3, -0.25) is 4.79 Å². The molecule has 2 aromatic rings. The zero-order chi connectivity index (χ0) is 20.1. The van der Waals surface area contributed by atoms with E-state index in [-0.39, 0.29) is 5.92 Å². The zero-order valence-electron chi connectivity index (χ0n) is 15.8. The van der Waals surface area contributed by atoms with Crippen LogP contribution in [0.4, 0.5) is 0 Å². The third kappa shape index (κ3) is 4.95. The van der Waals surface area contributed by atoms with Gasteiger partial charge in [0, 0.05) is 23.6 Å². The Kier molecular flexibility index (Phi) is 6.78. The van der Waals surface area contributed by atoms with E-state index in [0.717, 1.165) is 47.6 Å². The largest absolute Gasteiger partial charge is 0.368 e. The summed E-state index contributed by atoms with van der Waals surface area (Å²) in [6, 6.07) is 5.13. The Balaban J connectivity index is 1.90. The molecule has 0 fully saturated rings. The number of methoxy groups -OCH3 is 1. The number of halogens is 1. The molecular weight excluding hydrogens is 378 g/mol. The average molecular weight is 402 g/mol. The van der Waals surface area contributed by atoms with Crippen LogP contribution in [-0.4, -0.2) is 34.4 Å². The standard InChI is InChI=1S/C21H24ClN3O3/c1-28-19(26)5-3-2-4-17-20(13-6-9-15(22)10-7-13)25-16-11-8-14(21(23)27)12-18(16)24-17/h6,8-13,19,26H,2-5,7H2,1H3,(H2,23,27). The predicted molar refractivity (Wildman–Crippen MR) is 109 cm³/mol. The molecule has 1 aromatic carbocycles. The molecule has 3 rings (SSSR count). The van der Waals surface area contributed by atoms with Crippen LogP contribution < -0.4 is 5.73 Å². The van der Waals surface area contributed by atoms with E-state index >= 15 is 0 Å². The molecule has 28 heavy (non-hydrogen) atoms. The Labute approximate surface area is 169 Å². The fourth-order valence-electron chi connectivity index (χ4n) is 3.26. The van der Waals surface area contributed by atoms with Gasteiger partial charge in [0.05, 0.1) is 22.4 Å². The molecule has 0 saturated carbocycles. The summed E-state index contributed by atoms with van der Waals surface area (Å²) in [5.41, 5.74) is 9.00. The summed E-state index contributed by atoms with van der Waals surface area (Å²) in [5, 5.41) is 10.3. The van der Waals surface area contributed by atoms with Crippen LogP contribution in [0.15, 0.2) is 41.5 Å². The van der Waals surface area contributed by atoms with Gasteiger partial charge in [0.25, 0.3) is 0 Å². The van der Waals surface area contributed by atoms with Crippen LogP contribution in [0.5, 0.6) is 0 Å². The minimum atomic E-state index is -0.742. The molecule has 1 aliphatic carbocycles. The Hall–Kier alpha value is -2.28. The number of aliphatic hydroxyl groups is 1. The van der Waals surface area contributed by atoms with Crippen molar-refractivity contribution in [2.75, 3.05) is 7.11 Å². The number of nitrogens with two attached hydrogens (primary N) is 1. The van der Waals surface area contributed by atoms with Crippen molar-refractivity contribution >= 4 is 28.5 Å². The highest BCUT2D eigenvalue weighted by Crippen LogP contribution is 2.30. The first-order chi connectivity index (χ1) is 13.5. The van der Waals surface area contributed by atoms with Gasteiger partial charge in [-0.25, -0.2) is 9.97 Å². The molecule has 0 spiro atoms. The maximum Gasteiger partial charge on any atom is 0.248 e. The smallest absolute Gasteiger partial charge is 0.248 e. The van der Waals surface area contributed by atoms with E-state index in [0.29, 0.717) is 17.5 Å². The lowest BCUT2D eigenvalue weighted by Crippen LogP contribution is -2.12. The van der Waals surface area contributed by atoms with E-state index in [1.54, 1.807) is 18.2 Å². The van der Waals surface area contributed by atoms with Crippen LogP contribution in [0, 0.1) is 0 Å². The van der Waals surface area contributed by atoms with Gasteiger partial charge >= 0.3 is 0 Å². The molecule has 0 aliphatic heterocycles. The lowest BCUT2D eigenvalue weighted by Gasteiger charge is -2.18. The molecule has 2 unspecified atom stereocenters. The third-order valence-corrected chi connectivity index (χ3v) is 5.12. The van der Waals surface area contributed by atoms with Gasteiger partial charge in [0.1, 0.15) is 0 Å². The maximum atomic E-state index is 11.5. The number of carbonyl (C=O) groups excluding carboxylic acids is 1. The lowest BCUT2D eigenvalue weighted by atomic mass is 9.93. The number of allylic oxidation sites excluding steroid dienone is 4. The maximum absolute atomic E-state index is 11.5. The van der Waals surface area contributed by atoms with Crippen LogP contribution in [-0.2, 0) is 11.2 Å². The molecule has 6 nitrogen and oxygen atoms in total. The quantitative estimate of drug-likeness (QED) is 0.520. The van der Waals surface area contributed by atoms with Crippen LogP contribution in [0.25, 0.3) is 11.0 Å². The first-order valence-electron chi connectivity index (χ1n) is 9.33. The number of aliphatic hydroxyl groups excluding tert-OH is 1. The van der Waals surface area contributed by atoms with Gasteiger partial charge in [-0.1, -0.05) is 23.8 Å². The van der Waals surface area contributed by atoms with Crippen molar-refractivity contribution < 1.29 is 14.6 Å². The Morgan fingerprint density at radius 3 is 2.86 bits per heavy atom. The summed E-state index contributed by atoms with van der Waals surface area (Å²) in [6.07, 6.45) is 8.88. The summed E-state index contributed by atoms with van der Waals surface area (Å²) in [4.78, 5) is 21.1. The van der Waals surface area contributed by atoms with Crippen molar-refractivity contribution in [3.63, 3.8) is 0 Å². The van der Waals surface area contributed by atoms with Gasteiger partial charge in [-0.05, 0) is 56.4 Å². The van der Waals surface area contributed by atoms with E-state index in [2.05, 4.69) is 0 Å². The molecule has 0 saturated heterocycles. The number of nitrogens with zero attached hydrogens (tertiary/aromatic N) is 2. The highest BCUT2D eigenvalue weighted by molar-refractivity contribution is 6.31. The fourth-order valence-corrected chi connectivity index (χ4v) is 3.43. The topological polar surface area (TPSA) is 98.3 Å². The molecule has 2 atom stereocenters. The van der Waals surface area contributed by atoms with Gasteiger partial charge in [0.15, 0.2) is 6.29 Å². The number of fused-ring (bicyclic) bond motifs is 1. The molecule has 7 heteroatoms. The molecule has 1 aliphatic rings. The molecule has 0 radical (unpaired) electrons. The number of amides is 1. The van der Waals surface area contributed by atoms with E-state index in [1.165, 1.54) is 7.11 Å².